The molecule has 28 heavy (non-hydrogen) atoms. The number of nitriles is 6. The molecule has 8 nitrogen and oxygen atoms in total. The zero-order valence-electron chi connectivity index (χ0n) is 14.4. The molecule has 0 unspecified atom stereocenters. The van der Waals surface area contributed by atoms with Crippen molar-refractivity contribution in [3.8, 4) is 36.7 Å². The van der Waals surface area contributed by atoms with E-state index in [2.05, 4.69) is 9.98 Å². The first kappa shape index (κ1) is 19.6. The highest BCUT2D eigenvalue weighted by molar-refractivity contribution is 6.06. The zero-order chi connectivity index (χ0) is 20.6. The summed E-state index contributed by atoms with van der Waals surface area (Å²) in [6.07, 6.45) is 15.0. The SMILES string of the molecule is N#CN=C1C=CC(C(C#N)(C#N)C(C#N)(C#N)C2C=CC(=NC#N)C=C2)C=C1. The minimum Gasteiger partial charge on any atom is -0.196 e. The monoisotopic (exact) mass is 362 g/mol. The number of aliphatic imine (C=N–C) groups is 2. The van der Waals surface area contributed by atoms with Gasteiger partial charge in [-0.3, -0.25) is 0 Å². The second-order valence-corrected chi connectivity index (χ2v) is 5.82. The molecule has 0 bridgehead atoms. The quantitative estimate of drug-likeness (QED) is 0.698. The van der Waals surface area contributed by atoms with E-state index in [-0.39, 0.29) is 0 Å². The molecule has 0 heterocycles. The van der Waals surface area contributed by atoms with E-state index in [0.717, 1.165) is 0 Å². The summed E-state index contributed by atoms with van der Waals surface area (Å²) in [5.41, 5.74) is -3.41. The molecule has 0 aliphatic heterocycles. The van der Waals surface area contributed by atoms with Gasteiger partial charge in [0.2, 0.25) is 12.4 Å². The topological polar surface area (TPSA) is 167 Å². The lowest BCUT2D eigenvalue weighted by molar-refractivity contribution is 0.219. The predicted molar refractivity (Wildman–Crippen MR) is 97.0 cm³/mol. The van der Waals surface area contributed by atoms with Crippen LogP contribution in [-0.2, 0) is 0 Å². The molecule has 0 fully saturated rings. The standard InChI is InChI=1S/C20H10N8/c21-9-19(10-22,15-1-5-17(6-2-15)27-13-25)20(11-23,12-24)16-3-7-18(8-4-16)28-14-26/h1-8,15-16H. The molecule has 0 aromatic heterocycles. The van der Waals surface area contributed by atoms with Crippen molar-refractivity contribution in [3.05, 3.63) is 48.6 Å². The van der Waals surface area contributed by atoms with Crippen molar-refractivity contribution in [2.24, 2.45) is 32.7 Å². The molecule has 0 atom stereocenters. The van der Waals surface area contributed by atoms with Crippen LogP contribution in [0.5, 0.6) is 0 Å². The minimum absolute atomic E-state index is 0.331. The summed E-state index contributed by atoms with van der Waals surface area (Å²) in [7, 11) is 0. The summed E-state index contributed by atoms with van der Waals surface area (Å²) in [6.45, 7) is 0. The molecule has 2 aliphatic carbocycles. The van der Waals surface area contributed by atoms with Gasteiger partial charge in [-0.1, -0.05) is 24.3 Å². The zero-order valence-corrected chi connectivity index (χ0v) is 14.4. The molecule has 0 saturated heterocycles. The largest absolute Gasteiger partial charge is 0.206 e. The fourth-order valence-electron chi connectivity index (χ4n) is 3.12. The van der Waals surface area contributed by atoms with Gasteiger partial charge in [-0.25, -0.2) is 0 Å². The Kier molecular flexibility index (Phi) is 5.64. The molecule has 0 radical (unpaired) electrons. The van der Waals surface area contributed by atoms with Gasteiger partial charge in [0.1, 0.15) is 0 Å². The van der Waals surface area contributed by atoms with Crippen LogP contribution >= 0.6 is 0 Å². The molecule has 8 heteroatoms. The van der Waals surface area contributed by atoms with E-state index in [1.54, 1.807) is 12.4 Å². The maximum absolute atomic E-state index is 9.92. The van der Waals surface area contributed by atoms with Crippen LogP contribution in [0.25, 0.3) is 0 Å². The van der Waals surface area contributed by atoms with Crippen LogP contribution < -0.4 is 0 Å². The molecule has 130 valence electrons. The average Bonchev–Trinajstić information content (AvgIpc) is 2.74. The second-order valence-electron chi connectivity index (χ2n) is 5.82. The van der Waals surface area contributed by atoms with E-state index < -0.39 is 22.7 Å². The van der Waals surface area contributed by atoms with Crippen LogP contribution in [0.3, 0.4) is 0 Å². The molecule has 0 amide bonds. The highest BCUT2D eigenvalue weighted by atomic mass is 14.7. The van der Waals surface area contributed by atoms with Gasteiger partial charge in [0, 0.05) is 11.8 Å². The highest BCUT2D eigenvalue weighted by Gasteiger charge is 2.61. The second kappa shape index (κ2) is 8.08. The summed E-state index contributed by atoms with van der Waals surface area (Å²) in [6, 6.07) is 7.58. The first-order valence-electron chi connectivity index (χ1n) is 7.88. The Hall–Kier alpha value is -4.76. The maximum Gasteiger partial charge on any atom is 0.206 e. The molecule has 0 N–H and O–H groups in total. The third-order valence-electron chi connectivity index (χ3n) is 4.58. The van der Waals surface area contributed by atoms with Gasteiger partial charge in [0.15, 0.2) is 10.8 Å². The van der Waals surface area contributed by atoms with Gasteiger partial charge in [0.05, 0.1) is 35.7 Å². The number of allylic oxidation sites excluding steroid dienone is 8. The van der Waals surface area contributed by atoms with Crippen molar-refractivity contribution in [1.29, 1.82) is 31.6 Å². The van der Waals surface area contributed by atoms with Crippen LogP contribution in [0.15, 0.2) is 58.6 Å². The molecule has 2 aliphatic rings. The van der Waals surface area contributed by atoms with Gasteiger partial charge in [-0.2, -0.15) is 41.6 Å². The predicted octanol–water partition coefficient (Wildman–Crippen LogP) is 2.38. The van der Waals surface area contributed by atoms with Crippen LogP contribution in [0.4, 0.5) is 0 Å². The lowest BCUT2D eigenvalue weighted by Crippen LogP contribution is -2.47. The highest BCUT2D eigenvalue weighted by Crippen LogP contribution is 2.51. The first-order valence-corrected chi connectivity index (χ1v) is 7.88. The van der Waals surface area contributed by atoms with Crippen molar-refractivity contribution >= 4 is 11.4 Å². The molecule has 0 spiro atoms. The van der Waals surface area contributed by atoms with Gasteiger partial charge >= 0.3 is 0 Å². The fourth-order valence-corrected chi connectivity index (χ4v) is 3.12. The third-order valence-corrected chi connectivity index (χ3v) is 4.58. The van der Waals surface area contributed by atoms with Gasteiger partial charge < -0.3 is 0 Å². The van der Waals surface area contributed by atoms with E-state index in [1.807, 2.05) is 24.3 Å². The molecule has 0 aromatic carbocycles. The summed E-state index contributed by atoms with van der Waals surface area (Å²) in [5.74, 6) is -1.76. The number of hydrogen-bond acceptors (Lipinski definition) is 8. The third kappa shape index (κ3) is 2.96. The molecule has 0 aromatic rings. The van der Waals surface area contributed by atoms with E-state index >= 15 is 0 Å². The van der Waals surface area contributed by atoms with Crippen LogP contribution in [0.2, 0.25) is 0 Å². The molecular weight excluding hydrogens is 352 g/mol. The van der Waals surface area contributed by atoms with Crippen LogP contribution in [0, 0.1) is 90.9 Å². The Labute approximate surface area is 161 Å². The summed E-state index contributed by atoms with van der Waals surface area (Å²) < 4.78 is 0. The Morgan fingerprint density at radius 2 is 0.857 bits per heavy atom. The Bertz CT molecular complexity index is 954. The molecular formula is C20H10N8. The van der Waals surface area contributed by atoms with Gasteiger partial charge in [0.25, 0.3) is 0 Å². The summed E-state index contributed by atoms with van der Waals surface area (Å²) in [5, 5.41) is 57.0. The Morgan fingerprint density at radius 3 is 1.07 bits per heavy atom. The van der Waals surface area contributed by atoms with E-state index in [9.17, 15) is 21.0 Å². The lowest BCUT2D eigenvalue weighted by atomic mass is 9.54. The first-order chi connectivity index (χ1) is 13.6. The van der Waals surface area contributed by atoms with E-state index in [0.29, 0.717) is 11.4 Å². The summed E-state index contributed by atoms with van der Waals surface area (Å²) >= 11 is 0. The van der Waals surface area contributed by atoms with Gasteiger partial charge in [-0.15, -0.1) is 0 Å². The fraction of sp³-hybridized carbons (Fsp3) is 0.200. The van der Waals surface area contributed by atoms with Crippen molar-refractivity contribution in [1.82, 2.24) is 0 Å². The van der Waals surface area contributed by atoms with Crippen molar-refractivity contribution in [3.63, 3.8) is 0 Å². The van der Waals surface area contributed by atoms with E-state index in [1.165, 1.54) is 48.6 Å². The minimum atomic E-state index is -2.04. The number of rotatable bonds is 3. The normalized spacial score (nSPS) is 19.9. The Morgan fingerprint density at radius 1 is 0.571 bits per heavy atom. The van der Waals surface area contributed by atoms with Crippen LogP contribution in [0.1, 0.15) is 0 Å². The molecule has 0 saturated carbocycles. The maximum atomic E-state index is 9.92. The van der Waals surface area contributed by atoms with Crippen molar-refractivity contribution in [2.75, 3.05) is 0 Å². The average molecular weight is 362 g/mol. The van der Waals surface area contributed by atoms with Gasteiger partial charge in [-0.05, 0) is 24.3 Å². The van der Waals surface area contributed by atoms with Crippen molar-refractivity contribution < 1.29 is 0 Å². The lowest BCUT2D eigenvalue weighted by Gasteiger charge is -2.39. The number of hydrogen-bond donors (Lipinski definition) is 0. The Balaban J connectivity index is 2.60. The van der Waals surface area contributed by atoms with Crippen molar-refractivity contribution in [2.45, 2.75) is 0 Å². The molecule has 2 rings (SSSR count). The smallest absolute Gasteiger partial charge is 0.196 e. The van der Waals surface area contributed by atoms with E-state index in [4.69, 9.17) is 10.5 Å². The summed E-state index contributed by atoms with van der Waals surface area (Å²) in [4.78, 5) is 7.12. The van der Waals surface area contributed by atoms with Crippen LogP contribution in [-0.4, -0.2) is 11.4 Å². The number of nitrogens with zero attached hydrogens (tertiary/aromatic N) is 8.